The quantitative estimate of drug-likeness (QED) is 0.570. The molecule has 1 aliphatic carbocycles. The molecule has 1 heterocycles. The van der Waals surface area contributed by atoms with Gasteiger partial charge in [0, 0.05) is 19.2 Å². The minimum atomic E-state index is -3.05. The van der Waals surface area contributed by atoms with Crippen LogP contribution in [0.4, 0.5) is 0 Å². The number of sulfone groups is 1. The zero-order valence-corrected chi connectivity index (χ0v) is 14.6. The molecule has 0 N–H and O–H groups in total. The molecule has 23 heavy (non-hydrogen) atoms. The Morgan fingerprint density at radius 3 is 2.48 bits per heavy atom. The summed E-state index contributed by atoms with van der Waals surface area (Å²) in [7, 11) is -1.49. The van der Waals surface area contributed by atoms with E-state index >= 15 is 0 Å². The van der Waals surface area contributed by atoms with Crippen molar-refractivity contribution in [3.8, 4) is 0 Å². The Morgan fingerprint density at radius 2 is 1.91 bits per heavy atom. The maximum Gasteiger partial charge on any atom is 0.331 e. The Labute approximate surface area is 137 Å². The number of hydrogen-bond donors (Lipinski definition) is 0. The lowest BCUT2D eigenvalue weighted by Crippen LogP contribution is -2.44. The summed E-state index contributed by atoms with van der Waals surface area (Å²) in [4.78, 5) is 25.6. The first-order valence-corrected chi connectivity index (χ1v) is 9.98. The summed E-state index contributed by atoms with van der Waals surface area (Å²) in [6, 6.07) is -0.328. The number of carbonyl (C=O) groups is 2. The number of nitrogens with zero attached hydrogens (tertiary/aromatic N) is 1. The molecule has 0 aromatic carbocycles. The smallest absolute Gasteiger partial charge is 0.331 e. The van der Waals surface area contributed by atoms with Crippen molar-refractivity contribution in [1.82, 2.24) is 4.90 Å². The van der Waals surface area contributed by atoms with Gasteiger partial charge in [-0.15, -0.1) is 0 Å². The lowest BCUT2D eigenvalue weighted by Gasteiger charge is -2.26. The van der Waals surface area contributed by atoms with Crippen LogP contribution in [0.5, 0.6) is 0 Å². The zero-order valence-electron chi connectivity index (χ0n) is 13.8. The van der Waals surface area contributed by atoms with Crippen molar-refractivity contribution in [1.29, 1.82) is 0 Å². The van der Waals surface area contributed by atoms with Gasteiger partial charge >= 0.3 is 5.97 Å². The van der Waals surface area contributed by atoms with Gasteiger partial charge in [-0.2, -0.15) is 0 Å². The van der Waals surface area contributed by atoms with Gasteiger partial charge < -0.3 is 9.64 Å². The Morgan fingerprint density at radius 1 is 1.26 bits per heavy atom. The Kier molecular flexibility index (Phi) is 5.84. The van der Waals surface area contributed by atoms with Crippen molar-refractivity contribution in [2.75, 3.05) is 18.6 Å². The van der Waals surface area contributed by atoms with Crippen molar-refractivity contribution < 1.29 is 22.7 Å². The van der Waals surface area contributed by atoms with Gasteiger partial charge in [0.25, 0.3) is 5.91 Å². The number of allylic oxidation sites excluding steroid dienone is 1. The van der Waals surface area contributed by atoms with E-state index in [0.29, 0.717) is 6.42 Å². The van der Waals surface area contributed by atoms with E-state index in [9.17, 15) is 18.0 Å². The van der Waals surface area contributed by atoms with Crippen molar-refractivity contribution in [3.63, 3.8) is 0 Å². The highest BCUT2D eigenvalue weighted by molar-refractivity contribution is 7.91. The van der Waals surface area contributed by atoms with E-state index in [0.717, 1.165) is 31.3 Å². The summed E-state index contributed by atoms with van der Waals surface area (Å²) in [6.45, 7) is 1.53. The molecular weight excluding hydrogens is 318 g/mol. The Hall–Kier alpha value is -1.37. The predicted octanol–water partition coefficient (Wildman–Crippen LogP) is 1.45. The normalized spacial score (nSPS) is 24.8. The fourth-order valence-corrected chi connectivity index (χ4v) is 4.90. The van der Waals surface area contributed by atoms with Crippen LogP contribution in [0, 0.1) is 0 Å². The van der Waals surface area contributed by atoms with E-state index < -0.39 is 21.9 Å². The molecule has 6 nitrogen and oxygen atoms in total. The molecule has 2 fully saturated rings. The minimum Gasteiger partial charge on any atom is -0.449 e. The summed E-state index contributed by atoms with van der Waals surface area (Å²) in [5.41, 5.74) is 1.08. The second-order valence-corrected chi connectivity index (χ2v) is 8.68. The molecule has 1 saturated heterocycles. The van der Waals surface area contributed by atoms with Gasteiger partial charge in [-0.05, 0) is 39.0 Å². The average Bonchev–Trinajstić information content (AvgIpc) is 2.86. The van der Waals surface area contributed by atoms with Gasteiger partial charge in [-0.1, -0.05) is 12.0 Å². The number of carbonyl (C=O) groups excluding carboxylic acids is 2. The van der Waals surface area contributed by atoms with Crippen LogP contribution < -0.4 is 0 Å². The molecule has 0 unspecified atom stereocenters. The molecule has 0 bridgehead atoms. The first kappa shape index (κ1) is 18.0. The van der Waals surface area contributed by atoms with Crippen molar-refractivity contribution in [3.05, 3.63) is 11.6 Å². The van der Waals surface area contributed by atoms with Gasteiger partial charge in [0.15, 0.2) is 15.9 Å². The molecule has 2 atom stereocenters. The number of amides is 1. The Balaban J connectivity index is 1.88. The first-order valence-electron chi connectivity index (χ1n) is 8.15. The summed E-state index contributed by atoms with van der Waals surface area (Å²) < 4.78 is 28.2. The molecule has 7 heteroatoms. The van der Waals surface area contributed by atoms with Crippen LogP contribution in [0.25, 0.3) is 0 Å². The third-order valence-corrected chi connectivity index (χ3v) is 6.31. The topological polar surface area (TPSA) is 80.8 Å². The highest BCUT2D eigenvalue weighted by atomic mass is 32.2. The van der Waals surface area contributed by atoms with Gasteiger partial charge in [0.2, 0.25) is 0 Å². The first-order chi connectivity index (χ1) is 10.8. The summed E-state index contributed by atoms with van der Waals surface area (Å²) >= 11 is 0. The highest BCUT2D eigenvalue weighted by Gasteiger charge is 2.34. The number of hydrogen-bond acceptors (Lipinski definition) is 5. The largest absolute Gasteiger partial charge is 0.449 e. The lowest BCUT2D eigenvalue weighted by atomic mass is 9.95. The number of likely N-dealkylation sites (N-methyl/N-ethyl adjacent to an activating group) is 1. The van der Waals surface area contributed by atoms with Crippen LogP contribution in [-0.2, 0) is 24.2 Å². The third kappa shape index (κ3) is 5.06. The van der Waals surface area contributed by atoms with Crippen molar-refractivity contribution in [2.24, 2.45) is 0 Å². The van der Waals surface area contributed by atoms with E-state index in [4.69, 9.17) is 4.74 Å². The monoisotopic (exact) mass is 343 g/mol. The fraction of sp³-hybridized carbons (Fsp3) is 0.750. The fourth-order valence-electron chi connectivity index (χ4n) is 3.12. The second-order valence-electron chi connectivity index (χ2n) is 6.45. The van der Waals surface area contributed by atoms with Gasteiger partial charge in [-0.25, -0.2) is 13.2 Å². The molecule has 0 aromatic heterocycles. The molecule has 130 valence electrons. The zero-order chi connectivity index (χ0) is 17.0. The van der Waals surface area contributed by atoms with Crippen LogP contribution in [-0.4, -0.2) is 55.9 Å². The van der Waals surface area contributed by atoms with Gasteiger partial charge in [-0.3, -0.25) is 4.79 Å². The van der Waals surface area contributed by atoms with Gasteiger partial charge in [0.1, 0.15) is 0 Å². The predicted molar refractivity (Wildman–Crippen MR) is 86.6 cm³/mol. The van der Waals surface area contributed by atoms with E-state index in [1.54, 1.807) is 7.05 Å². The van der Waals surface area contributed by atoms with Crippen LogP contribution in [0.3, 0.4) is 0 Å². The molecule has 1 amide bonds. The summed E-state index contributed by atoms with van der Waals surface area (Å²) in [5.74, 6) is -0.757. The molecular formula is C16H25NO5S. The molecule has 1 aliphatic heterocycles. The number of ether oxygens (including phenoxy) is 1. The molecule has 2 aliphatic rings. The maximum absolute atomic E-state index is 12.3. The van der Waals surface area contributed by atoms with E-state index in [1.807, 2.05) is 0 Å². The molecule has 1 saturated carbocycles. The van der Waals surface area contributed by atoms with Crippen molar-refractivity contribution in [2.45, 2.75) is 57.6 Å². The summed E-state index contributed by atoms with van der Waals surface area (Å²) in [5, 5.41) is 0. The van der Waals surface area contributed by atoms with Crippen LogP contribution in [0.1, 0.15) is 45.4 Å². The van der Waals surface area contributed by atoms with Crippen LogP contribution in [0.15, 0.2) is 11.6 Å². The van der Waals surface area contributed by atoms with E-state index in [-0.39, 0.29) is 23.5 Å². The summed E-state index contributed by atoms with van der Waals surface area (Å²) in [6.07, 6.45) is 6.23. The van der Waals surface area contributed by atoms with E-state index in [2.05, 4.69) is 0 Å². The second kappa shape index (κ2) is 7.47. The molecule has 0 spiro atoms. The average molecular weight is 343 g/mol. The van der Waals surface area contributed by atoms with Crippen molar-refractivity contribution >= 4 is 21.7 Å². The minimum absolute atomic E-state index is 0.0139. The van der Waals surface area contributed by atoms with Gasteiger partial charge in [0.05, 0.1) is 11.5 Å². The third-order valence-electron chi connectivity index (χ3n) is 4.56. The molecule has 2 rings (SSSR count). The van der Waals surface area contributed by atoms with E-state index in [1.165, 1.54) is 24.3 Å². The molecule has 0 aromatic rings. The maximum atomic E-state index is 12.3. The van der Waals surface area contributed by atoms with Crippen LogP contribution >= 0.6 is 0 Å². The SMILES string of the molecule is C[C@@H](OC(=O)C=C1CCCCC1)C(=O)N(C)[C@H]1CCS(=O)(=O)C1. The Bertz CT molecular complexity index is 588. The highest BCUT2D eigenvalue weighted by Crippen LogP contribution is 2.23. The number of rotatable bonds is 4. The molecule has 0 radical (unpaired) electrons. The van der Waals surface area contributed by atoms with Crippen LogP contribution in [0.2, 0.25) is 0 Å². The lowest BCUT2D eigenvalue weighted by molar-refractivity contribution is -0.155. The standard InChI is InChI=1S/C16H25NO5S/c1-12(22-15(18)10-13-6-4-3-5-7-13)16(19)17(2)14-8-9-23(20,21)11-14/h10,12,14H,3-9,11H2,1-2H3/t12-,14+/m1/s1. The number of esters is 1.